The summed E-state index contributed by atoms with van der Waals surface area (Å²) in [6, 6.07) is 0. The van der Waals surface area contributed by atoms with Crippen LogP contribution < -0.4 is 4.72 Å². The van der Waals surface area contributed by atoms with E-state index in [1.807, 2.05) is 0 Å². The SMILES string of the molecule is C=CS(=O)(=O)NCCCN=[N+]=[N-]. The minimum absolute atomic E-state index is 0.257. The first-order valence-corrected chi connectivity index (χ1v) is 4.80. The molecule has 0 radical (unpaired) electrons. The second-order valence-corrected chi connectivity index (χ2v) is 3.63. The van der Waals surface area contributed by atoms with Gasteiger partial charge in [-0.05, 0) is 12.0 Å². The van der Waals surface area contributed by atoms with E-state index in [1.165, 1.54) is 0 Å². The van der Waals surface area contributed by atoms with Gasteiger partial charge in [0.05, 0.1) is 0 Å². The lowest BCUT2D eigenvalue weighted by atomic mass is 10.4. The molecule has 0 unspecified atom stereocenters. The van der Waals surface area contributed by atoms with Crippen molar-refractivity contribution in [2.24, 2.45) is 5.11 Å². The predicted molar refractivity (Wildman–Crippen MR) is 45.7 cm³/mol. The first kappa shape index (κ1) is 11.0. The van der Waals surface area contributed by atoms with Crippen molar-refractivity contribution in [2.45, 2.75) is 6.42 Å². The molecule has 0 aliphatic heterocycles. The highest BCUT2D eigenvalue weighted by Gasteiger charge is 2.00. The Morgan fingerprint density at radius 3 is 2.83 bits per heavy atom. The van der Waals surface area contributed by atoms with Gasteiger partial charge in [-0.15, -0.1) is 0 Å². The Hall–Kier alpha value is -1.04. The lowest BCUT2D eigenvalue weighted by Gasteiger charge is -1.98. The van der Waals surface area contributed by atoms with Crippen LogP contribution in [0, 0.1) is 0 Å². The Labute approximate surface area is 71.0 Å². The van der Waals surface area contributed by atoms with E-state index in [-0.39, 0.29) is 13.1 Å². The third-order valence-electron chi connectivity index (χ3n) is 1.02. The molecule has 0 fully saturated rings. The molecule has 12 heavy (non-hydrogen) atoms. The lowest BCUT2D eigenvalue weighted by molar-refractivity contribution is 0.589. The van der Waals surface area contributed by atoms with E-state index in [0.29, 0.717) is 6.42 Å². The molecule has 0 aromatic heterocycles. The largest absolute Gasteiger partial charge is 0.233 e. The van der Waals surface area contributed by atoms with Crippen molar-refractivity contribution in [1.82, 2.24) is 4.72 Å². The average Bonchev–Trinajstić information content (AvgIpc) is 2.04. The summed E-state index contributed by atoms with van der Waals surface area (Å²) in [7, 11) is -3.33. The molecule has 0 saturated carbocycles. The van der Waals surface area contributed by atoms with Gasteiger partial charge in [0.1, 0.15) is 0 Å². The predicted octanol–water partition coefficient (Wildman–Crippen LogP) is 0.750. The second kappa shape index (κ2) is 5.59. The fourth-order valence-electron chi connectivity index (χ4n) is 0.468. The van der Waals surface area contributed by atoms with Gasteiger partial charge in [0.2, 0.25) is 10.0 Å². The van der Waals surface area contributed by atoms with Crippen molar-refractivity contribution in [3.8, 4) is 0 Å². The first-order chi connectivity index (χ1) is 5.62. The van der Waals surface area contributed by atoms with E-state index in [4.69, 9.17) is 5.53 Å². The van der Waals surface area contributed by atoms with Gasteiger partial charge < -0.3 is 0 Å². The van der Waals surface area contributed by atoms with Crippen LogP contribution in [-0.2, 0) is 10.0 Å². The van der Waals surface area contributed by atoms with Crippen molar-refractivity contribution in [1.29, 1.82) is 0 Å². The van der Waals surface area contributed by atoms with E-state index >= 15 is 0 Å². The van der Waals surface area contributed by atoms with E-state index in [2.05, 4.69) is 21.3 Å². The van der Waals surface area contributed by atoms with Crippen molar-refractivity contribution in [3.63, 3.8) is 0 Å². The highest BCUT2D eigenvalue weighted by atomic mass is 32.2. The minimum atomic E-state index is -3.33. The van der Waals surface area contributed by atoms with E-state index in [9.17, 15) is 8.42 Å². The number of azide groups is 1. The molecular formula is C5H10N4O2S. The van der Waals surface area contributed by atoms with Crippen molar-refractivity contribution in [3.05, 3.63) is 22.4 Å². The summed E-state index contributed by atoms with van der Waals surface area (Å²) >= 11 is 0. The summed E-state index contributed by atoms with van der Waals surface area (Å²) in [6.07, 6.45) is 0.483. The molecule has 0 amide bonds. The summed E-state index contributed by atoms with van der Waals surface area (Å²) in [5.41, 5.74) is 7.88. The average molecular weight is 190 g/mol. The highest BCUT2D eigenvalue weighted by Crippen LogP contribution is 1.85. The number of nitrogens with one attached hydrogen (secondary N) is 1. The van der Waals surface area contributed by atoms with Gasteiger partial charge in [0, 0.05) is 23.4 Å². The van der Waals surface area contributed by atoms with Gasteiger partial charge in [-0.1, -0.05) is 11.7 Å². The normalized spacial score (nSPS) is 10.3. The zero-order valence-electron chi connectivity index (χ0n) is 6.47. The number of hydrogen-bond acceptors (Lipinski definition) is 3. The van der Waals surface area contributed by atoms with Crippen molar-refractivity contribution in [2.75, 3.05) is 13.1 Å². The van der Waals surface area contributed by atoms with Crippen molar-refractivity contribution >= 4 is 10.0 Å². The van der Waals surface area contributed by atoms with Crippen molar-refractivity contribution < 1.29 is 8.42 Å². The van der Waals surface area contributed by atoms with Gasteiger partial charge in [-0.25, -0.2) is 13.1 Å². The standard InChI is InChI=1S/C5H10N4O2S/c1-2-12(10,11)8-5-3-4-7-9-6/h2,8H,1,3-5H2. The van der Waals surface area contributed by atoms with Gasteiger partial charge >= 0.3 is 0 Å². The number of nitrogens with zero attached hydrogens (tertiary/aromatic N) is 3. The Kier molecular flexibility index (Phi) is 5.11. The second-order valence-electron chi connectivity index (χ2n) is 1.91. The van der Waals surface area contributed by atoms with Crippen LogP contribution in [0.2, 0.25) is 0 Å². The van der Waals surface area contributed by atoms with E-state index in [1.54, 1.807) is 0 Å². The van der Waals surface area contributed by atoms with Crippen LogP contribution >= 0.6 is 0 Å². The van der Waals surface area contributed by atoms with Crippen LogP contribution in [0.15, 0.2) is 17.1 Å². The number of hydrogen-bond donors (Lipinski definition) is 1. The zero-order valence-corrected chi connectivity index (χ0v) is 7.29. The van der Waals surface area contributed by atoms with Crippen LogP contribution in [0.1, 0.15) is 6.42 Å². The molecule has 0 atom stereocenters. The maximum absolute atomic E-state index is 10.7. The van der Waals surface area contributed by atoms with Crippen LogP contribution in [0.3, 0.4) is 0 Å². The van der Waals surface area contributed by atoms with Gasteiger partial charge in [0.25, 0.3) is 0 Å². The molecule has 0 spiro atoms. The Bertz CT molecular complexity index is 278. The van der Waals surface area contributed by atoms with Crippen LogP contribution in [0.25, 0.3) is 10.4 Å². The molecule has 1 N–H and O–H groups in total. The maximum atomic E-state index is 10.7. The maximum Gasteiger partial charge on any atom is 0.233 e. The summed E-state index contributed by atoms with van der Waals surface area (Å²) in [4.78, 5) is 2.52. The van der Waals surface area contributed by atoms with E-state index in [0.717, 1.165) is 5.41 Å². The number of sulfonamides is 1. The van der Waals surface area contributed by atoms with Gasteiger partial charge in [-0.2, -0.15) is 0 Å². The molecule has 0 aromatic carbocycles. The van der Waals surface area contributed by atoms with Crippen LogP contribution in [0.5, 0.6) is 0 Å². The molecule has 0 aliphatic rings. The number of rotatable bonds is 6. The van der Waals surface area contributed by atoms with Gasteiger partial charge in [0.15, 0.2) is 0 Å². The molecule has 0 heterocycles. The molecular weight excluding hydrogens is 180 g/mol. The molecule has 0 aliphatic carbocycles. The Morgan fingerprint density at radius 2 is 2.33 bits per heavy atom. The summed E-state index contributed by atoms with van der Waals surface area (Å²) in [6.45, 7) is 3.66. The monoisotopic (exact) mass is 190 g/mol. The smallest absolute Gasteiger partial charge is 0.212 e. The lowest BCUT2D eigenvalue weighted by Crippen LogP contribution is -2.22. The van der Waals surface area contributed by atoms with Crippen LogP contribution in [0.4, 0.5) is 0 Å². The van der Waals surface area contributed by atoms with Gasteiger partial charge in [-0.3, -0.25) is 0 Å². The van der Waals surface area contributed by atoms with E-state index < -0.39 is 10.0 Å². The molecule has 0 rings (SSSR count). The molecule has 0 bridgehead atoms. The topological polar surface area (TPSA) is 94.9 Å². The third kappa shape index (κ3) is 5.72. The molecule has 0 aromatic rings. The first-order valence-electron chi connectivity index (χ1n) is 3.25. The fraction of sp³-hybridized carbons (Fsp3) is 0.600. The summed E-state index contributed by atoms with van der Waals surface area (Å²) < 4.78 is 23.6. The zero-order chi connectivity index (χ0) is 9.45. The fourth-order valence-corrected chi connectivity index (χ4v) is 1.01. The molecule has 6 nitrogen and oxygen atoms in total. The van der Waals surface area contributed by atoms with Crippen LogP contribution in [-0.4, -0.2) is 21.5 Å². The molecule has 68 valence electrons. The third-order valence-corrected chi connectivity index (χ3v) is 2.07. The Balaban J connectivity index is 3.57. The molecule has 7 heteroatoms. The minimum Gasteiger partial charge on any atom is -0.212 e. The summed E-state index contributed by atoms with van der Waals surface area (Å²) in [5, 5.41) is 4.07. The quantitative estimate of drug-likeness (QED) is 0.289. The highest BCUT2D eigenvalue weighted by molar-refractivity contribution is 7.92. The molecule has 0 saturated heterocycles. The summed E-state index contributed by atoms with van der Waals surface area (Å²) in [5.74, 6) is 0. The Morgan fingerprint density at radius 1 is 1.67 bits per heavy atom.